The molecule has 1 aromatic rings. The van der Waals surface area contributed by atoms with Crippen LogP contribution in [0.3, 0.4) is 0 Å². The van der Waals surface area contributed by atoms with Gasteiger partial charge in [0.15, 0.2) is 0 Å². The Kier molecular flexibility index (Phi) is 5.96. The van der Waals surface area contributed by atoms with Crippen LogP contribution in [0.4, 0.5) is 0 Å². The second kappa shape index (κ2) is 7.24. The molecule has 4 heteroatoms. The van der Waals surface area contributed by atoms with E-state index in [1.54, 1.807) is 25.1 Å². The van der Waals surface area contributed by atoms with E-state index >= 15 is 0 Å². The summed E-state index contributed by atoms with van der Waals surface area (Å²) in [4.78, 5) is 11.2. The maximum Gasteiger partial charge on any atom is 0.330 e. The van der Waals surface area contributed by atoms with E-state index in [0.717, 1.165) is 11.1 Å². The molecule has 0 aliphatic rings. The van der Waals surface area contributed by atoms with Gasteiger partial charge >= 0.3 is 5.97 Å². The van der Waals surface area contributed by atoms with Gasteiger partial charge in [0, 0.05) is 16.1 Å². The second-order valence-electron chi connectivity index (χ2n) is 3.64. The molecule has 96 valence electrons. The molecular weight excluding hydrogens is 271 g/mol. The topological polar surface area (TPSA) is 26.3 Å². The lowest BCUT2D eigenvalue weighted by Gasteiger charge is -1.99. The summed E-state index contributed by atoms with van der Waals surface area (Å²) >= 11 is 11.8. The first-order chi connectivity index (χ1) is 8.52. The number of esters is 1. The molecule has 0 saturated heterocycles. The van der Waals surface area contributed by atoms with Crippen molar-refractivity contribution in [3.8, 4) is 0 Å². The van der Waals surface area contributed by atoms with Crippen LogP contribution in [0.5, 0.6) is 0 Å². The number of rotatable bonds is 4. The Morgan fingerprint density at radius 3 is 2.72 bits per heavy atom. The first-order valence-electron chi connectivity index (χ1n) is 5.51. The molecule has 0 atom stereocenters. The van der Waals surface area contributed by atoms with Crippen molar-refractivity contribution in [2.45, 2.75) is 13.8 Å². The zero-order valence-electron chi connectivity index (χ0n) is 10.2. The van der Waals surface area contributed by atoms with E-state index in [1.807, 2.05) is 19.1 Å². The Morgan fingerprint density at radius 2 is 2.11 bits per heavy atom. The third-order valence-electron chi connectivity index (χ3n) is 2.12. The van der Waals surface area contributed by atoms with E-state index in [-0.39, 0.29) is 5.97 Å². The fraction of sp³-hybridized carbons (Fsp3) is 0.214. The fourth-order valence-corrected chi connectivity index (χ4v) is 1.75. The lowest BCUT2D eigenvalue weighted by atomic mass is 10.1. The minimum atomic E-state index is -0.346. The molecule has 1 aromatic carbocycles. The van der Waals surface area contributed by atoms with Crippen molar-refractivity contribution in [3.63, 3.8) is 0 Å². The molecular formula is C14H14Cl2O2. The number of carbonyl (C=O) groups is 1. The van der Waals surface area contributed by atoms with Crippen molar-refractivity contribution < 1.29 is 9.53 Å². The van der Waals surface area contributed by atoms with Gasteiger partial charge in [0.05, 0.1) is 6.61 Å². The van der Waals surface area contributed by atoms with Crippen molar-refractivity contribution in [1.29, 1.82) is 0 Å². The van der Waals surface area contributed by atoms with Gasteiger partial charge in [0.1, 0.15) is 0 Å². The van der Waals surface area contributed by atoms with E-state index in [4.69, 9.17) is 27.9 Å². The smallest absolute Gasteiger partial charge is 0.330 e. The van der Waals surface area contributed by atoms with E-state index in [9.17, 15) is 4.79 Å². The summed E-state index contributed by atoms with van der Waals surface area (Å²) in [5.74, 6) is -0.346. The Morgan fingerprint density at radius 1 is 1.39 bits per heavy atom. The van der Waals surface area contributed by atoms with Crippen LogP contribution in [-0.2, 0) is 9.53 Å². The van der Waals surface area contributed by atoms with E-state index in [0.29, 0.717) is 16.7 Å². The summed E-state index contributed by atoms with van der Waals surface area (Å²) in [7, 11) is 0. The van der Waals surface area contributed by atoms with Gasteiger partial charge in [0.25, 0.3) is 0 Å². The standard InChI is InChI=1S/C14H14Cl2O2/c1-3-18-14(17)8-10(2)4-5-11-6-7-12(15)9-13(11)16/h4-9H,3H2,1-2H3. The first kappa shape index (κ1) is 14.8. The molecule has 0 aliphatic carbocycles. The number of ether oxygens (including phenoxy) is 1. The average molecular weight is 285 g/mol. The molecule has 0 N–H and O–H groups in total. The number of carbonyl (C=O) groups excluding carboxylic acids is 1. The van der Waals surface area contributed by atoms with Gasteiger partial charge in [-0.3, -0.25) is 0 Å². The van der Waals surface area contributed by atoms with Crippen LogP contribution in [0, 0.1) is 0 Å². The van der Waals surface area contributed by atoms with Crippen LogP contribution in [0.2, 0.25) is 10.0 Å². The molecule has 0 heterocycles. The molecule has 0 unspecified atom stereocenters. The monoisotopic (exact) mass is 284 g/mol. The van der Waals surface area contributed by atoms with E-state index < -0.39 is 0 Å². The SMILES string of the molecule is CCOC(=O)C=C(C)C=Cc1ccc(Cl)cc1Cl. The van der Waals surface area contributed by atoms with Crippen LogP contribution in [-0.4, -0.2) is 12.6 Å². The van der Waals surface area contributed by atoms with Crippen LogP contribution in [0.25, 0.3) is 6.08 Å². The minimum absolute atomic E-state index is 0.346. The average Bonchev–Trinajstić information content (AvgIpc) is 2.28. The van der Waals surface area contributed by atoms with Crippen molar-refractivity contribution >= 4 is 35.2 Å². The highest BCUT2D eigenvalue weighted by Crippen LogP contribution is 2.22. The van der Waals surface area contributed by atoms with Crippen molar-refractivity contribution in [2.75, 3.05) is 6.61 Å². The Labute approximate surface area is 117 Å². The number of halogens is 2. The normalized spacial score (nSPS) is 11.9. The van der Waals surface area contributed by atoms with Crippen molar-refractivity contribution in [3.05, 3.63) is 51.5 Å². The van der Waals surface area contributed by atoms with Gasteiger partial charge in [0.2, 0.25) is 0 Å². The lowest BCUT2D eigenvalue weighted by molar-refractivity contribution is -0.137. The molecule has 0 radical (unpaired) electrons. The summed E-state index contributed by atoms with van der Waals surface area (Å²) in [5, 5.41) is 1.17. The summed E-state index contributed by atoms with van der Waals surface area (Å²) in [6.45, 7) is 3.96. The zero-order valence-corrected chi connectivity index (χ0v) is 11.8. The predicted molar refractivity (Wildman–Crippen MR) is 75.9 cm³/mol. The summed E-state index contributed by atoms with van der Waals surface area (Å²) in [5.41, 5.74) is 1.64. The van der Waals surface area contributed by atoms with Crippen LogP contribution in [0.1, 0.15) is 19.4 Å². The highest BCUT2D eigenvalue weighted by Gasteiger charge is 1.98. The number of hydrogen-bond donors (Lipinski definition) is 0. The maximum absolute atomic E-state index is 11.2. The number of benzene rings is 1. The van der Waals surface area contributed by atoms with Gasteiger partial charge in [-0.25, -0.2) is 4.79 Å². The summed E-state index contributed by atoms with van der Waals surface area (Å²) < 4.78 is 4.81. The van der Waals surface area contributed by atoms with Crippen molar-refractivity contribution in [2.24, 2.45) is 0 Å². The largest absolute Gasteiger partial charge is 0.463 e. The predicted octanol–water partition coefficient (Wildman–Crippen LogP) is 4.52. The molecule has 0 saturated carbocycles. The molecule has 0 bridgehead atoms. The Hall–Kier alpha value is -1.25. The highest BCUT2D eigenvalue weighted by atomic mass is 35.5. The first-order valence-corrected chi connectivity index (χ1v) is 6.26. The lowest BCUT2D eigenvalue weighted by Crippen LogP contribution is -1.99. The molecule has 2 nitrogen and oxygen atoms in total. The number of allylic oxidation sites excluding steroid dienone is 2. The Bertz CT molecular complexity index is 491. The zero-order chi connectivity index (χ0) is 13.5. The van der Waals surface area contributed by atoms with Crippen LogP contribution in [0.15, 0.2) is 35.9 Å². The summed E-state index contributed by atoms with van der Waals surface area (Å²) in [6.07, 6.45) is 5.06. The molecule has 0 amide bonds. The Balaban J connectivity index is 2.77. The number of hydrogen-bond acceptors (Lipinski definition) is 2. The molecule has 0 aromatic heterocycles. The highest BCUT2D eigenvalue weighted by molar-refractivity contribution is 6.35. The molecule has 0 aliphatic heterocycles. The summed E-state index contributed by atoms with van der Waals surface area (Å²) in [6, 6.07) is 5.25. The second-order valence-corrected chi connectivity index (χ2v) is 4.48. The van der Waals surface area contributed by atoms with Crippen LogP contribution < -0.4 is 0 Å². The molecule has 18 heavy (non-hydrogen) atoms. The third kappa shape index (κ3) is 4.94. The fourth-order valence-electron chi connectivity index (χ4n) is 1.28. The quantitative estimate of drug-likeness (QED) is 0.462. The maximum atomic E-state index is 11.2. The van der Waals surface area contributed by atoms with Gasteiger partial charge < -0.3 is 4.74 Å². The van der Waals surface area contributed by atoms with Crippen molar-refractivity contribution in [1.82, 2.24) is 0 Å². The molecule has 0 fully saturated rings. The molecule has 1 rings (SSSR count). The van der Waals surface area contributed by atoms with Gasteiger partial charge in [-0.15, -0.1) is 0 Å². The van der Waals surface area contributed by atoms with Crippen LogP contribution >= 0.6 is 23.2 Å². The third-order valence-corrected chi connectivity index (χ3v) is 2.68. The van der Waals surface area contributed by atoms with E-state index in [2.05, 4.69) is 0 Å². The van der Waals surface area contributed by atoms with E-state index in [1.165, 1.54) is 6.08 Å². The van der Waals surface area contributed by atoms with Gasteiger partial charge in [-0.2, -0.15) is 0 Å². The minimum Gasteiger partial charge on any atom is -0.463 e. The van der Waals surface area contributed by atoms with Gasteiger partial charge in [-0.1, -0.05) is 41.4 Å². The molecule has 0 spiro atoms. The van der Waals surface area contributed by atoms with Gasteiger partial charge in [-0.05, 0) is 37.1 Å².